The molecular weight excluding hydrogens is 208 g/mol. The van der Waals surface area contributed by atoms with Gasteiger partial charge < -0.3 is 5.32 Å². The molecule has 15 heavy (non-hydrogen) atoms. The lowest BCUT2D eigenvalue weighted by Gasteiger charge is -2.30. The number of rotatable bonds is 3. The van der Waals surface area contributed by atoms with Crippen LogP contribution in [0.15, 0.2) is 0 Å². The molecule has 4 nitrogen and oxygen atoms in total. The van der Waals surface area contributed by atoms with Gasteiger partial charge in [0.15, 0.2) is 0 Å². The summed E-state index contributed by atoms with van der Waals surface area (Å²) in [4.78, 5) is 2.48. The minimum Gasteiger partial charge on any atom is -0.377 e. The molecule has 5 heteroatoms. The number of aromatic nitrogens is 2. The number of anilines is 1. The van der Waals surface area contributed by atoms with E-state index in [2.05, 4.69) is 26.7 Å². The Labute approximate surface area is 94.8 Å². The van der Waals surface area contributed by atoms with Crippen molar-refractivity contribution in [3.8, 4) is 0 Å². The standard InChI is InChI=1S/C10H18N4S/c1-8-4-3-5-14(6-8)7-9-10(11-2)15-13-12-9/h8,11H,3-7H2,1-2H3. The molecule has 0 bridgehead atoms. The lowest BCUT2D eigenvalue weighted by Crippen LogP contribution is -2.33. The molecule has 1 atom stereocenters. The number of hydrogen-bond donors (Lipinski definition) is 1. The van der Waals surface area contributed by atoms with Crippen LogP contribution in [-0.2, 0) is 6.54 Å². The molecule has 0 amide bonds. The van der Waals surface area contributed by atoms with Crippen LogP contribution >= 0.6 is 11.5 Å². The van der Waals surface area contributed by atoms with Gasteiger partial charge in [-0.15, -0.1) is 5.10 Å². The van der Waals surface area contributed by atoms with Gasteiger partial charge in [0.2, 0.25) is 0 Å². The molecule has 0 aliphatic carbocycles. The van der Waals surface area contributed by atoms with Gasteiger partial charge in [0, 0.05) is 31.7 Å². The molecule has 0 spiro atoms. The zero-order valence-corrected chi connectivity index (χ0v) is 10.2. The smallest absolute Gasteiger partial charge is 0.134 e. The van der Waals surface area contributed by atoms with Gasteiger partial charge in [-0.25, -0.2) is 0 Å². The van der Waals surface area contributed by atoms with E-state index in [4.69, 9.17) is 0 Å². The summed E-state index contributed by atoms with van der Waals surface area (Å²) in [5.41, 5.74) is 1.09. The van der Waals surface area contributed by atoms with Crippen molar-refractivity contribution in [3.63, 3.8) is 0 Å². The van der Waals surface area contributed by atoms with Crippen LogP contribution < -0.4 is 5.32 Å². The van der Waals surface area contributed by atoms with Crippen molar-refractivity contribution in [2.75, 3.05) is 25.5 Å². The molecular formula is C10H18N4S. The normalized spacial score (nSPS) is 22.9. The molecule has 0 radical (unpaired) electrons. The maximum absolute atomic E-state index is 4.17. The Hall–Kier alpha value is -0.680. The van der Waals surface area contributed by atoms with Crippen molar-refractivity contribution in [1.29, 1.82) is 0 Å². The van der Waals surface area contributed by atoms with Crippen molar-refractivity contribution in [2.24, 2.45) is 5.92 Å². The highest BCUT2D eigenvalue weighted by Gasteiger charge is 2.18. The summed E-state index contributed by atoms with van der Waals surface area (Å²) in [6, 6.07) is 0. The predicted molar refractivity (Wildman–Crippen MR) is 63.1 cm³/mol. The molecule has 1 fully saturated rings. The summed E-state index contributed by atoms with van der Waals surface area (Å²) >= 11 is 1.44. The number of piperidine rings is 1. The van der Waals surface area contributed by atoms with E-state index in [1.807, 2.05) is 7.05 Å². The van der Waals surface area contributed by atoms with E-state index in [1.54, 1.807) is 0 Å². The quantitative estimate of drug-likeness (QED) is 0.853. The zero-order valence-electron chi connectivity index (χ0n) is 9.36. The van der Waals surface area contributed by atoms with E-state index in [-0.39, 0.29) is 0 Å². The van der Waals surface area contributed by atoms with E-state index in [0.717, 1.165) is 23.2 Å². The van der Waals surface area contributed by atoms with E-state index in [0.29, 0.717) is 0 Å². The lowest BCUT2D eigenvalue weighted by molar-refractivity contribution is 0.175. The zero-order chi connectivity index (χ0) is 10.7. The van der Waals surface area contributed by atoms with Gasteiger partial charge in [0.1, 0.15) is 10.7 Å². The fourth-order valence-corrected chi connectivity index (χ4v) is 2.67. The third-order valence-corrected chi connectivity index (χ3v) is 3.68. The van der Waals surface area contributed by atoms with Crippen LogP contribution in [0.4, 0.5) is 5.00 Å². The van der Waals surface area contributed by atoms with Gasteiger partial charge in [0.05, 0.1) is 0 Å². The fourth-order valence-electron chi connectivity index (χ4n) is 2.14. The minimum atomic E-state index is 0.823. The summed E-state index contributed by atoms with van der Waals surface area (Å²) in [6.07, 6.45) is 2.68. The summed E-state index contributed by atoms with van der Waals surface area (Å²) < 4.78 is 3.98. The highest BCUT2D eigenvalue weighted by molar-refractivity contribution is 7.10. The third kappa shape index (κ3) is 2.66. The minimum absolute atomic E-state index is 0.823. The summed E-state index contributed by atoms with van der Waals surface area (Å²) in [6.45, 7) is 5.66. The van der Waals surface area contributed by atoms with Crippen molar-refractivity contribution < 1.29 is 0 Å². The highest BCUT2D eigenvalue weighted by atomic mass is 32.1. The second-order valence-electron chi connectivity index (χ2n) is 4.28. The van der Waals surface area contributed by atoms with E-state index >= 15 is 0 Å². The van der Waals surface area contributed by atoms with Crippen molar-refractivity contribution in [3.05, 3.63) is 5.69 Å². The third-order valence-electron chi connectivity index (χ3n) is 2.90. The molecule has 84 valence electrons. The first-order chi connectivity index (χ1) is 7.29. The SMILES string of the molecule is CNc1snnc1CN1CCCC(C)C1. The molecule has 0 saturated carbocycles. The van der Waals surface area contributed by atoms with Crippen molar-refractivity contribution >= 4 is 16.5 Å². The van der Waals surface area contributed by atoms with Crippen LogP contribution in [0.2, 0.25) is 0 Å². The molecule has 1 aliphatic heterocycles. The van der Waals surface area contributed by atoms with Crippen LogP contribution in [0.1, 0.15) is 25.5 Å². The Morgan fingerprint density at radius 1 is 1.60 bits per heavy atom. The largest absolute Gasteiger partial charge is 0.377 e. The first kappa shape index (κ1) is 10.8. The Bertz CT molecular complexity index is 312. The summed E-state index contributed by atoms with van der Waals surface area (Å²) in [5, 5.41) is 8.42. The summed E-state index contributed by atoms with van der Waals surface area (Å²) in [7, 11) is 1.93. The summed E-state index contributed by atoms with van der Waals surface area (Å²) in [5.74, 6) is 0.823. The molecule has 1 N–H and O–H groups in total. The average molecular weight is 226 g/mol. The monoisotopic (exact) mass is 226 g/mol. The Morgan fingerprint density at radius 2 is 2.47 bits per heavy atom. The van der Waals surface area contributed by atoms with Crippen LogP contribution in [-0.4, -0.2) is 34.6 Å². The van der Waals surface area contributed by atoms with Crippen LogP contribution in [0, 0.1) is 5.92 Å². The van der Waals surface area contributed by atoms with E-state index < -0.39 is 0 Å². The number of nitrogens with zero attached hydrogens (tertiary/aromatic N) is 3. The van der Waals surface area contributed by atoms with Gasteiger partial charge >= 0.3 is 0 Å². The number of nitrogens with one attached hydrogen (secondary N) is 1. The maximum atomic E-state index is 4.17. The predicted octanol–water partition coefficient (Wildman–Crippen LogP) is 1.81. The molecule has 2 heterocycles. The van der Waals surface area contributed by atoms with Gasteiger partial charge in [0.25, 0.3) is 0 Å². The molecule has 0 aromatic carbocycles. The molecule has 2 rings (SSSR count). The maximum Gasteiger partial charge on any atom is 0.134 e. The van der Waals surface area contributed by atoms with Crippen molar-refractivity contribution in [1.82, 2.24) is 14.5 Å². The number of hydrogen-bond acceptors (Lipinski definition) is 5. The lowest BCUT2D eigenvalue weighted by atomic mass is 10.0. The van der Waals surface area contributed by atoms with E-state index in [1.165, 1.54) is 37.5 Å². The van der Waals surface area contributed by atoms with Gasteiger partial charge in [-0.2, -0.15) is 0 Å². The second-order valence-corrected chi connectivity index (χ2v) is 5.04. The van der Waals surface area contributed by atoms with Crippen molar-refractivity contribution in [2.45, 2.75) is 26.3 Å². The Balaban J connectivity index is 1.96. The fraction of sp³-hybridized carbons (Fsp3) is 0.800. The molecule has 1 unspecified atom stereocenters. The number of likely N-dealkylation sites (tertiary alicyclic amines) is 1. The van der Waals surface area contributed by atoms with Gasteiger partial charge in [-0.3, -0.25) is 4.90 Å². The first-order valence-corrected chi connectivity index (χ1v) is 6.28. The van der Waals surface area contributed by atoms with E-state index in [9.17, 15) is 0 Å². The van der Waals surface area contributed by atoms with Crippen LogP contribution in [0.25, 0.3) is 0 Å². The average Bonchev–Trinajstić information content (AvgIpc) is 2.65. The van der Waals surface area contributed by atoms with Gasteiger partial charge in [-0.05, 0) is 25.3 Å². The second kappa shape index (κ2) is 4.90. The topological polar surface area (TPSA) is 41.1 Å². The van der Waals surface area contributed by atoms with Gasteiger partial charge in [-0.1, -0.05) is 11.4 Å². The first-order valence-electron chi connectivity index (χ1n) is 5.51. The molecule has 1 aromatic rings. The van der Waals surface area contributed by atoms with Crippen LogP contribution in [0.5, 0.6) is 0 Å². The Kier molecular flexibility index (Phi) is 3.53. The van der Waals surface area contributed by atoms with Crippen LogP contribution in [0.3, 0.4) is 0 Å². The molecule has 1 aliphatic rings. The highest BCUT2D eigenvalue weighted by Crippen LogP contribution is 2.22. The molecule has 1 saturated heterocycles. The molecule has 1 aromatic heterocycles. The Morgan fingerprint density at radius 3 is 3.20 bits per heavy atom.